The van der Waals surface area contributed by atoms with E-state index in [0.717, 1.165) is 37.8 Å². The lowest BCUT2D eigenvalue weighted by atomic mass is 10.2. The maximum absolute atomic E-state index is 5.60. The first-order valence-corrected chi connectivity index (χ1v) is 6.94. The van der Waals surface area contributed by atoms with E-state index in [2.05, 4.69) is 39.8 Å². The average Bonchev–Trinajstić information content (AvgIpc) is 2.79. The Morgan fingerprint density at radius 2 is 2.00 bits per heavy atom. The summed E-state index contributed by atoms with van der Waals surface area (Å²) in [4.78, 5) is 0. The summed E-state index contributed by atoms with van der Waals surface area (Å²) in [7, 11) is 1.95. The Labute approximate surface area is 120 Å². The molecular weight excluding hydrogens is 252 g/mol. The van der Waals surface area contributed by atoms with Crippen LogP contribution in [0.5, 0.6) is 0 Å². The van der Waals surface area contributed by atoms with Crippen molar-refractivity contribution in [3.63, 3.8) is 0 Å². The molecule has 0 amide bonds. The van der Waals surface area contributed by atoms with Crippen LogP contribution in [0.25, 0.3) is 0 Å². The van der Waals surface area contributed by atoms with Crippen molar-refractivity contribution >= 4 is 0 Å². The van der Waals surface area contributed by atoms with E-state index in [1.165, 1.54) is 5.56 Å². The first kappa shape index (κ1) is 14.7. The zero-order valence-electron chi connectivity index (χ0n) is 12.2. The quantitative estimate of drug-likeness (QED) is 0.746. The molecule has 1 N–H and O–H groups in total. The number of ether oxygens (including phenoxy) is 1. The van der Waals surface area contributed by atoms with E-state index >= 15 is 0 Å². The van der Waals surface area contributed by atoms with Crippen LogP contribution in [0.4, 0.5) is 0 Å². The molecule has 5 nitrogen and oxygen atoms in total. The fraction of sp³-hybridized carbons (Fsp3) is 0.467. The van der Waals surface area contributed by atoms with Gasteiger partial charge in [-0.2, -0.15) is 0 Å². The monoisotopic (exact) mass is 274 g/mol. The van der Waals surface area contributed by atoms with Crippen LogP contribution in [0, 0.1) is 6.92 Å². The van der Waals surface area contributed by atoms with E-state index in [1.54, 1.807) is 0 Å². The van der Waals surface area contributed by atoms with Crippen molar-refractivity contribution in [2.75, 3.05) is 13.2 Å². The second-order valence-corrected chi connectivity index (χ2v) is 4.79. The molecule has 20 heavy (non-hydrogen) atoms. The summed E-state index contributed by atoms with van der Waals surface area (Å²) < 4.78 is 7.55. The highest BCUT2D eigenvalue weighted by molar-refractivity contribution is 5.14. The normalized spacial score (nSPS) is 10.9. The third-order valence-corrected chi connectivity index (χ3v) is 3.23. The highest BCUT2D eigenvalue weighted by atomic mass is 16.5. The van der Waals surface area contributed by atoms with E-state index in [1.807, 2.05) is 24.6 Å². The van der Waals surface area contributed by atoms with Crippen LogP contribution in [0.3, 0.4) is 0 Å². The van der Waals surface area contributed by atoms with Crippen molar-refractivity contribution in [2.24, 2.45) is 7.05 Å². The van der Waals surface area contributed by atoms with Crippen LogP contribution in [0.1, 0.15) is 23.6 Å². The Hall–Kier alpha value is -1.72. The van der Waals surface area contributed by atoms with E-state index in [9.17, 15) is 0 Å². The van der Waals surface area contributed by atoms with Crippen molar-refractivity contribution < 1.29 is 4.74 Å². The molecule has 0 spiro atoms. The van der Waals surface area contributed by atoms with E-state index in [4.69, 9.17) is 4.74 Å². The summed E-state index contributed by atoms with van der Waals surface area (Å²) in [6.45, 7) is 5.05. The van der Waals surface area contributed by atoms with Gasteiger partial charge in [0.1, 0.15) is 12.4 Å². The van der Waals surface area contributed by atoms with Gasteiger partial charge >= 0.3 is 0 Å². The lowest BCUT2D eigenvalue weighted by molar-refractivity contribution is 0.111. The zero-order valence-corrected chi connectivity index (χ0v) is 12.2. The van der Waals surface area contributed by atoms with E-state index in [0.29, 0.717) is 6.61 Å². The van der Waals surface area contributed by atoms with Crippen LogP contribution in [-0.2, 0) is 24.9 Å². The smallest absolute Gasteiger partial charge is 0.158 e. The largest absolute Gasteiger partial charge is 0.373 e. The number of rotatable bonds is 8. The Morgan fingerprint density at radius 1 is 1.20 bits per heavy atom. The number of hydrogen-bond acceptors (Lipinski definition) is 4. The molecule has 0 saturated carbocycles. The maximum Gasteiger partial charge on any atom is 0.158 e. The number of nitrogens with zero attached hydrogens (tertiary/aromatic N) is 3. The standard InChI is InChI=1S/C15H22N4O/c1-13-17-18-15(19(13)2)12-20-10-6-9-16-11-14-7-4-3-5-8-14/h3-5,7-8,16H,6,9-12H2,1-2H3. The van der Waals surface area contributed by atoms with Crippen LogP contribution in [0.2, 0.25) is 0 Å². The predicted octanol–water partition coefficient (Wildman–Crippen LogP) is 1.82. The molecule has 0 bridgehead atoms. The molecular formula is C15H22N4O. The van der Waals surface area contributed by atoms with Gasteiger partial charge in [0.05, 0.1) is 0 Å². The molecule has 0 fully saturated rings. The van der Waals surface area contributed by atoms with Gasteiger partial charge in [-0.25, -0.2) is 0 Å². The Bertz CT molecular complexity index is 510. The highest BCUT2D eigenvalue weighted by Crippen LogP contribution is 2.00. The second-order valence-electron chi connectivity index (χ2n) is 4.79. The molecule has 1 heterocycles. The Morgan fingerprint density at radius 3 is 2.70 bits per heavy atom. The van der Waals surface area contributed by atoms with Gasteiger partial charge in [0.25, 0.3) is 0 Å². The fourth-order valence-corrected chi connectivity index (χ4v) is 1.87. The Kier molecular flexibility index (Phi) is 5.70. The molecule has 0 saturated heterocycles. The predicted molar refractivity (Wildman–Crippen MR) is 78.2 cm³/mol. The molecule has 0 aliphatic rings. The lowest BCUT2D eigenvalue weighted by Crippen LogP contribution is -2.16. The van der Waals surface area contributed by atoms with Crippen molar-refractivity contribution in [3.8, 4) is 0 Å². The molecule has 2 aromatic rings. The molecule has 0 aliphatic heterocycles. The summed E-state index contributed by atoms with van der Waals surface area (Å²) in [5.74, 6) is 1.79. The number of aromatic nitrogens is 3. The SMILES string of the molecule is Cc1nnc(COCCCNCc2ccccc2)n1C. The lowest BCUT2D eigenvalue weighted by Gasteiger charge is -2.06. The summed E-state index contributed by atoms with van der Waals surface area (Å²) in [5.41, 5.74) is 1.31. The van der Waals surface area contributed by atoms with Gasteiger partial charge in [0, 0.05) is 20.2 Å². The summed E-state index contributed by atoms with van der Waals surface area (Å²) in [6.07, 6.45) is 0.990. The van der Waals surface area contributed by atoms with Crippen molar-refractivity contribution in [3.05, 3.63) is 47.5 Å². The molecule has 0 aliphatic carbocycles. The maximum atomic E-state index is 5.60. The fourth-order valence-electron chi connectivity index (χ4n) is 1.87. The second kappa shape index (κ2) is 7.77. The molecule has 1 aromatic carbocycles. The number of aryl methyl sites for hydroxylation is 1. The molecule has 108 valence electrons. The summed E-state index contributed by atoms with van der Waals surface area (Å²) in [6, 6.07) is 10.4. The number of benzene rings is 1. The first-order valence-electron chi connectivity index (χ1n) is 6.94. The van der Waals surface area contributed by atoms with Crippen molar-refractivity contribution in [1.29, 1.82) is 0 Å². The minimum absolute atomic E-state index is 0.524. The molecule has 0 unspecified atom stereocenters. The molecule has 1 aromatic heterocycles. The van der Waals surface area contributed by atoms with E-state index < -0.39 is 0 Å². The van der Waals surface area contributed by atoms with Crippen molar-refractivity contribution in [1.82, 2.24) is 20.1 Å². The zero-order chi connectivity index (χ0) is 14.2. The van der Waals surface area contributed by atoms with Gasteiger partial charge in [-0.05, 0) is 25.5 Å². The van der Waals surface area contributed by atoms with Crippen LogP contribution >= 0.6 is 0 Å². The van der Waals surface area contributed by atoms with Gasteiger partial charge < -0.3 is 14.6 Å². The van der Waals surface area contributed by atoms with Gasteiger partial charge in [0.2, 0.25) is 0 Å². The summed E-state index contributed by atoms with van der Waals surface area (Å²) in [5, 5.41) is 11.5. The third-order valence-electron chi connectivity index (χ3n) is 3.23. The van der Waals surface area contributed by atoms with E-state index in [-0.39, 0.29) is 0 Å². The third kappa shape index (κ3) is 4.43. The molecule has 0 atom stereocenters. The summed E-state index contributed by atoms with van der Waals surface area (Å²) >= 11 is 0. The molecule has 2 rings (SSSR count). The van der Waals surface area contributed by atoms with Gasteiger partial charge in [-0.15, -0.1) is 10.2 Å². The van der Waals surface area contributed by atoms with Crippen LogP contribution in [0.15, 0.2) is 30.3 Å². The van der Waals surface area contributed by atoms with Crippen LogP contribution in [-0.4, -0.2) is 27.9 Å². The minimum Gasteiger partial charge on any atom is -0.373 e. The van der Waals surface area contributed by atoms with Crippen LogP contribution < -0.4 is 5.32 Å². The average molecular weight is 274 g/mol. The van der Waals surface area contributed by atoms with Gasteiger partial charge in [-0.1, -0.05) is 30.3 Å². The molecule has 0 radical (unpaired) electrons. The molecule has 5 heteroatoms. The highest BCUT2D eigenvalue weighted by Gasteiger charge is 2.03. The topological polar surface area (TPSA) is 52.0 Å². The first-order chi connectivity index (χ1) is 9.77. The van der Waals surface area contributed by atoms with Gasteiger partial charge in [-0.3, -0.25) is 0 Å². The number of nitrogens with one attached hydrogen (secondary N) is 1. The van der Waals surface area contributed by atoms with Gasteiger partial charge in [0.15, 0.2) is 5.82 Å². The van der Waals surface area contributed by atoms with Crippen molar-refractivity contribution in [2.45, 2.75) is 26.5 Å². The number of hydrogen-bond donors (Lipinski definition) is 1. The Balaban J connectivity index is 1.53. The minimum atomic E-state index is 0.524.